The lowest BCUT2D eigenvalue weighted by Gasteiger charge is -2.03. The molecule has 0 aliphatic carbocycles. The van der Waals surface area contributed by atoms with Crippen molar-refractivity contribution in [2.75, 3.05) is 0 Å². The second-order valence-corrected chi connectivity index (χ2v) is 5.35. The van der Waals surface area contributed by atoms with Gasteiger partial charge in [-0.1, -0.05) is 48.5 Å². The summed E-state index contributed by atoms with van der Waals surface area (Å²) in [6.07, 6.45) is 0. The minimum absolute atomic E-state index is 0.102. The van der Waals surface area contributed by atoms with Crippen molar-refractivity contribution < 1.29 is 15.0 Å². The molecule has 124 valence electrons. The van der Waals surface area contributed by atoms with Crippen molar-refractivity contribution in [2.45, 2.75) is 0 Å². The van der Waals surface area contributed by atoms with Gasteiger partial charge in [0.1, 0.15) is 0 Å². The number of hydrogen-bond acceptors (Lipinski definition) is 4. The number of non-ortho nitro benzene ring substituents is 1. The van der Waals surface area contributed by atoms with Crippen molar-refractivity contribution in [2.24, 2.45) is 0 Å². The molecule has 0 atom stereocenters. The smallest absolute Gasteiger partial charge is 0.430 e. The molecule has 0 spiro atoms. The fourth-order valence-electron chi connectivity index (χ4n) is 2.90. The normalized spacial score (nSPS) is 10.3. The molecule has 7 heteroatoms. The maximum Gasteiger partial charge on any atom is 0.432 e. The first-order valence-corrected chi connectivity index (χ1v) is 7.61. The molecule has 3 N–H and O–H groups in total. The van der Waals surface area contributed by atoms with Gasteiger partial charge in [-0.05, 0) is 11.6 Å². The van der Waals surface area contributed by atoms with Gasteiger partial charge >= 0.3 is 7.69 Å². The van der Waals surface area contributed by atoms with E-state index in [9.17, 15) is 10.1 Å². The van der Waals surface area contributed by atoms with Gasteiger partial charge in [0.25, 0.3) is 5.69 Å². The van der Waals surface area contributed by atoms with Gasteiger partial charge in [0.2, 0.25) is 0 Å². The zero-order valence-corrected chi connectivity index (χ0v) is 13.2. The van der Waals surface area contributed by atoms with Crippen LogP contribution in [0.1, 0.15) is 0 Å². The van der Waals surface area contributed by atoms with Crippen LogP contribution in [0.15, 0.2) is 66.7 Å². The molecule has 25 heavy (non-hydrogen) atoms. The quantitative estimate of drug-likeness (QED) is 0.298. The van der Waals surface area contributed by atoms with Crippen LogP contribution in [0.25, 0.3) is 32.9 Å². The molecule has 0 bridgehead atoms. The molecule has 0 saturated heterocycles. The van der Waals surface area contributed by atoms with Gasteiger partial charge < -0.3 is 15.0 Å². The Morgan fingerprint density at radius 2 is 1.60 bits per heavy atom. The van der Waals surface area contributed by atoms with Gasteiger partial charge in [-0.2, -0.15) is 0 Å². The first kappa shape index (κ1) is 16.7. The van der Waals surface area contributed by atoms with E-state index in [0.717, 1.165) is 32.9 Å². The lowest BCUT2D eigenvalue weighted by Crippen LogP contribution is -1.88. The van der Waals surface area contributed by atoms with E-state index in [-0.39, 0.29) is 10.6 Å². The van der Waals surface area contributed by atoms with Gasteiger partial charge in [-0.15, -0.1) is 0 Å². The Morgan fingerprint density at radius 3 is 2.36 bits per heavy atom. The highest BCUT2D eigenvalue weighted by Gasteiger charge is 2.12. The summed E-state index contributed by atoms with van der Waals surface area (Å²) in [6.45, 7) is 0. The van der Waals surface area contributed by atoms with E-state index >= 15 is 0 Å². The Labute approximate surface area is 143 Å². The minimum atomic E-state index is -0.750. The minimum Gasteiger partial charge on any atom is -0.430 e. The number of nitro benzene ring substituents is 1. The second-order valence-electron chi connectivity index (χ2n) is 5.35. The van der Waals surface area contributed by atoms with Gasteiger partial charge in [0.05, 0.1) is 10.4 Å². The number of fused-ring (bicyclic) bond motifs is 3. The van der Waals surface area contributed by atoms with Crippen molar-refractivity contribution >= 4 is 35.2 Å². The van der Waals surface area contributed by atoms with Crippen LogP contribution in [0.4, 0.5) is 5.69 Å². The highest BCUT2D eigenvalue weighted by molar-refractivity contribution is 6.13. The van der Waals surface area contributed by atoms with Crippen LogP contribution in [0.3, 0.4) is 0 Å². The van der Waals surface area contributed by atoms with Gasteiger partial charge in [-0.25, -0.2) is 0 Å². The van der Waals surface area contributed by atoms with Crippen molar-refractivity contribution in [1.29, 1.82) is 0 Å². The maximum absolute atomic E-state index is 11.0. The number of nitrogens with one attached hydrogen (secondary N) is 1. The van der Waals surface area contributed by atoms with E-state index in [1.54, 1.807) is 12.1 Å². The van der Waals surface area contributed by atoms with E-state index in [4.69, 9.17) is 10.0 Å². The molecular weight excluding hydrogens is 319 g/mol. The molecule has 0 fully saturated rings. The summed E-state index contributed by atoms with van der Waals surface area (Å²) in [4.78, 5) is 14.0. The molecule has 1 heterocycles. The summed E-state index contributed by atoms with van der Waals surface area (Å²) in [7, 11) is -0.750. The van der Waals surface area contributed by atoms with E-state index in [1.165, 1.54) is 6.07 Å². The van der Waals surface area contributed by atoms with Crippen LogP contribution < -0.4 is 0 Å². The molecule has 0 unspecified atom stereocenters. The first-order chi connectivity index (χ1) is 12.2. The summed E-state index contributed by atoms with van der Waals surface area (Å²) in [5.41, 5.74) is 3.98. The Kier molecular flexibility index (Phi) is 4.79. The average molecular weight is 334 g/mol. The van der Waals surface area contributed by atoms with Crippen LogP contribution in [-0.4, -0.2) is 27.6 Å². The fraction of sp³-hybridized carbons (Fsp3) is 0. The molecule has 6 nitrogen and oxygen atoms in total. The average Bonchev–Trinajstić information content (AvgIpc) is 3.01. The van der Waals surface area contributed by atoms with Gasteiger partial charge in [0.15, 0.2) is 0 Å². The molecular formula is C18H15BN2O4. The molecule has 4 aromatic rings. The molecule has 0 saturated carbocycles. The number of para-hydroxylation sites is 2. The Hall–Kier alpha value is -3.16. The maximum atomic E-state index is 11.0. The summed E-state index contributed by atoms with van der Waals surface area (Å²) in [6, 6.07) is 20.9. The van der Waals surface area contributed by atoms with Crippen LogP contribution >= 0.6 is 0 Å². The number of benzene rings is 3. The lowest BCUT2D eigenvalue weighted by molar-refractivity contribution is -0.384. The highest BCUT2D eigenvalue weighted by Crippen LogP contribution is 2.34. The van der Waals surface area contributed by atoms with Crippen LogP contribution in [0.2, 0.25) is 0 Å². The third-order valence-electron chi connectivity index (χ3n) is 3.91. The number of rotatable bonds is 2. The monoisotopic (exact) mass is 334 g/mol. The van der Waals surface area contributed by atoms with Crippen molar-refractivity contribution in [3.05, 3.63) is 76.8 Å². The highest BCUT2D eigenvalue weighted by atomic mass is 16.6. The van der Waals surface area contributed by atoms with Crippen molar-refractivity contribution in [3.63, 3.8) is 0 Å². The molecule has 4 rings (SSSR count). The predicted octanol–water partition coefficient (Wildman–Crippen LogP) is 3.13. The van der Waals surface area contributed by atoms with Gasteiger partial charge in [-0.3, -0.25) is 10.1 Å². The SMILES string of the molecule is O=[N+]([O-])c1cccc(-c2cccc3c2[nH]c2ccccc23)c1.OBO. The third kappa shape index (κ3) is 3.23. The molecule has 1 aromatic heterocycles. The van der Waals surface area contributed by atoms with Crippen LogP contribution in [0, 0.1) is 10.1 Å². The third-order valence-corrected chi connectivity index (χ3v) is 3.91. The zero-order valence-electron chi connectivity index (χ0n) is 13.2. The molecule has 0 radical (unpaired) electrons. The lowest BCUT2D eigenvalue weighted by atomic mass is 10.0. The van der Waals surface area contributed by atoms with E-state index in [2.05, 4.69) is 17.1 Å². The summed E-state index contributed by atoms with van der Waals surface area (Å²) in [5.74, 6) is 0. The number of hydrogen-bond donors (Lipinski definition) is 3. The Bertz CT molecular complexity index is 1050. The zero-order chi connectivity index (χ0) is 17.8. The van der Waals surface area contributed by atoms with Crippen molar-refractivity contribution in [1.82, 2.24) is 4.98 Å². The topological polar surface area (TPSA) is 99.4 Å². The van der Waals surface area contributed by atoms with Gasteiger partial charge in [0, 0.05) is 34.0 Å². The van der Waals surface area contributed by atoms with Crippen LogP contribution in [0.5, 0.6) is 0 Å². The number of H-pyrrole nitrogens is 1. The number of aromatic nitrogens is 1. The Morgan fingerprint density at radius 1 is 0.920 bits per heavy atom. The van der Waals surface area contributed by atoms with E-state index in [0.29, 0.717) is 0 Å². The number of nitro groups is 1. The predicted molar refractivity (Wildman–Crippen MR) is 99.5 cm³/mol. The number of nitrogens with zero attached hydrogens (tertiary/aromatic N) is 1. The molecule has 0 amide bonds. The summed E-state index contributed by atoms with van der Waals surface area (Å²) >= 11 is 0. The molecule has 0 aliphatic rings. The Balaban J connectivity index is 0.000000569. The summed E-state index contributed by atoms with van der Waals surface area (Å²) < 4.78 is 0. The van der Waals surface area contributed by atoms with E-state index in [1.807, 2.05) is 36.4 Å². The standard InChI is InChI=1S/C18H12N2O2.BH3O2/c21-20(22)13-6-3-5-12(11-13)14-8-4-9-16-15-7-1-2-10-17(15)19-18(14)16;2-1-3/h1-11,19H;1-3H. The van der Waals surface area contributed by atoms with Crippen molar-refractivity contribution in [3.8, 4) is 11.1 Å². The largest absolute Gasteiger partial charge is 0.432 e. The first-order valence-electron chi connectivity index (χ1n) is 7.61. The fourth-order valence-corrected chi connectivity index (χ4v) is 2.90. The van der Waals surface area contributed by atoms with Crippen LogP contribution in [-0.2, 0) is 0 Å². The summed E-state index contributed by atoms with van der Waals surface area (Å²) in [5, 5.41) is 27.5. The molecule has 3 aromatic carbocycles. The number of aromatic amines is 1. The molecule has 0 aliphatic heterocycles. The second kappa shape index (κ2) is 7.17. The van der Waals surface area contributed by atoms with E-state index < -0.39 is 7.69 Å².